The summed E-state index contributed by atoms with van der Waals surface area (Å²) in [5.74, 6) is -0.363. The highest BCUT2D eigenvalue weighted by atomic mass is 32.2. The van der Waals surface area contributed by atoms with Crippen LogP contribution in [0.4, 0.5) is 5.69 Å². The van der Waals surface area contributed by atoms with E-state index in [0.717, 1.165) is 55.2 Å². The minimum absolute atomic E-state index is 0.0981. The Hall–Kier alpha value is -2.35. The van der Waals surface area contributed by atoms with Gasteiger partial charge in [0.2, 0.25) is 11.8 Å². The molecule has 176 valence electrons. The smallest absolute Gasteiger partial charge is 0.248 e. The Balaban J connectivity index is 1.40. The van der Waals surface area contributed by atoms with Crippen LogP contribution in [0.25, 0.3) is 0 Å². The number of carbonyl (C=O) groups is 2. The molecule has 0 radical (unpaired) electrons. The van der Waals surface area contributed by atoms with Gasteiger partial charge in [0.05, 0.1) is 18.9 Å². The Kier molecular flexibility index (Phi) is 7.73. The molecule has 2 heterocycles. The fourth-order valence-electron chi connectivity index (χ4n) is 4.70. The molecule has 0 saturated carbocycles. The molecule has 6 nitrogen and oxygen atoms in total. The SMILES string of the molecule is CC1COCC(C)N1CCCCCN1C(=O)C(c2ccc(C(N)=O)cc2)Sc2ccccc21. The van der Waals surface area contributed by atoms with Gasteiger partial charge in [0.1, 0.15) is 5.25 Å². The summed E-state index contributed by atoms with van der Waals surface area (Å²) >= 11 is 1.57. The van der Waals surface area contributed by atoms with Crippen molar-refractivity contribution in [2.45, 2.75) is 55.3 Å². The lowest BCUT2D eigenvalue weighted by Gasteiger charge is -2.38. The number of primary amides is 1. The number of anilines is 1. The van der Waals surface area contributed by atoms with Gasteiger partial charge in [0, 0.05) is 29.1 Å². The quantitative estimate of drug-likeness (QED) is 0.588. The highest BCUT2D eigenvalue weighted by Gasteiger charge is 2.34. The Morgan fingerprint density at radius 3 is 2.36 bits per heavy atom. The molecule has 0 aromatic heterocycles. The van der Waals surface area contributed by atoms with Gasteiger partial charge in [-0.25, -0.2) is 0 Å². The maximum Gasteiger partial charge on any atom is 0.248 e. The number of unbranched alkanes of at least 4 members (excludes halogenated alkanes) is 2. The first-order chi connectivity index (χ1) is 16.0. The first-order valence-corrected chi connectivity index (χ1v) is 12.6. The summed E-state index contributed by atoms with van der Waals surface area (Å²) in [7, 11) is 0. The maximum absolute atomic E-state index is 13.5. The summed E-state index contributed by atoms with van der Waals surface area (Å²) in [5.41, 5.74) is 7.71. The van der Waals surface area contributed by atoms with E-state index < -0.39 is 5.91 Å². The van der Waals surface area contributed by atoms with Crippen LogP contribution in [0.15, 0.2) is 53.4 Å². The number of hydrogen-bond donors (Lipinski definition) is 1. The first-order valence-electron chi connectivity index (χ1n) is 11.8. The van der Waals surface area contributed by atoms with Gasteiger partial charge >= 0.3 is 0 Å². The number of fused-ring (bicyclic) bond motifs is 1. The second-order valence-corrected chi connectivity index (χ2v) is 10.1. The van der Waals surface area contributed by atoms with Crippen molar-refractivity contribution in [2.24, 2.45) is 5.73 Å². The number of para-hydroxylation sites is 1. The molecule has 0 bridgehead atoms. The third kappa shape index (κ3) is 5.42. The Labute approximate surface area is 200 Å². The molecule has 0 spiro atoms. The van der Waals surface area contributed by atoms with Crippen molar-refractivity contribution in [2.75, 3.05) is 31.2 Å². The molecule has 3 unspecified atom stereocenters. The molecule has 2 aromatic rings. The van der Waals surface area contributed by atoms with Gasteiger partial charge in [-0.1, -0.05) is 30.7 Å². The fraction of sp³-hybridized carbons (Fsp3) is 0.462. The number of morpholine rings is 1. The molecule has 3 atom stereocenters. The Bertz CT molecular complexity index is 971. The van der Waals surface area contributed by atoms with E-state index in [9.17, 15) is 9.59 Å². The average molecular weight is 468 g/mol. The van der Waals surface area contributed by atoms with Crippen molar-refractivity contribution in [3.05, 3.63) is 59.7 Å². The van der Waals surface area contributed by atoms with E-state index in [-0.39, 0.29) is 11.2 Å². The van der Waals surface area contributed by atoms with E-state index in [1.807, 2.05) is 35.2 Å². The number of nitrogens with two attached hydrogens (primary N) is 1. The minimum atomic E-state index is -0.461. The molecular weight excluding hydrogens is 434 g/mol. The minimum Gasteiger partial charge on any atom is -0.378 e. The van der Waals surface area contributed by atoms with Crippen LogP contribution >= 0.6 is 11.8 Å². The van der Waals surface area contributed by atoms with Crippen LogP contribution in [0.5, 0.6) is 0 Å². The molecule has 1 fully saturated rings. The monoisotopic (exact) mass is 467 g/mol. The maximum atomic E-state index is 13.5. The average Bonchev–Trinajstić information content (AvgIpc) is 2.81. The van der Waals surface area contributed by atoms with Gasteiger partial charge in [-0.05, 0) is 63.1 Å². The van der Waals surface area contributed by atoms with Crippen LogP contribution < -0.4 is 10.6 Å². The van der Waals surface area contributed by atoms with E-state index in [1.165, 1.54) is 0 Å². The molecule has 2 aromatic carbocycles. The summed E-state index contributed by atoms with van der Waals surface area (Å²) in [5, 5.41) is -0.322. The standard InChI is InChI=1S/C26H33N3O3S/c1-18-16-32-17-19(2)28(18)14-6-3-7-15-29-22-8-4-5-9-23(22)33-24(26(29)31)20-10-12-21(13-11-20)25(27)30/h4-5,8-13,18-19,24H,3,6-7,14-17H2,1-2H3,(H2,27,30). The van der Waals surface area contributed by atoms with Crippen LogP contribution in [0.3, 0.4) is 0 Å². The van der Waals surface area contributed by atoms with Crippen LogP contribution in [0, 0.1) is 0 Å². The second-order valence-electron chi connectivity index (χ2n) is 8.98. The molecule has 7 heteroatoms. The lowest BCUT2D eigenvalue weighted by molar-refractivity contribution is -0.118. The highest BCUT2D eigenvalue weighted by molar-refractivity contribution is 8.00. The zero-order valence-electron chi connectivity index (χ0n) is 19.4. The number of rotatable bonds is 8. The zero-order valence-corrected chi connectivity index (χ0v) is 20.2. The third-order valence-electron chi connectivity index (χ3n) is 6.54. The third-order valence-corrected chi connectivity index (χ3v) is 7.85. The molecular formula is C26H33N3O3S. The number of thioether (sulfide) groups is 1. The summed E-state index contributed by atoms with van der Waals surface area (Å²) in [4.78, 5) is 30.5. The number of ether oxygens (including phenoxy) is 1. The summed E-state index contributed by atoms with van der Waals surface area (Å²) in [6, 6.07) is 16.1. The van der Waals surface area contributed by atoms with Gasteiger partial charge in [0.15, 0.2) is 0 Å². The molecule has 2 amide bonds. The van der Waals surface area contributed by atoms with Gasteiger partial charge in [-0.3, -0.25) is 14.5 Å². The van der Waals surface area contributed by atoms with Crippen LogP contribution in [-0.2, 0) is 9.53 Å². The predicted molar refractivity (Wildman–Crippen MR) is 133 cm³/mol. The van der Waals surface area contributed by atoms with Crippen molar-refractivity contribution in [3.63, 3.8) is 0 Å². The molecule has 2 aliphatic heterocycles. The van der Waals surface area contributed by atoms with Gasteiger partial charge in [-0.2, -0.15) is 0 Å². The van der Waals surface area contributed by atoms with Crippen LogP contribution in [0.2, 0.25) is 0 Å². The Morgan fingerprint density at radius 1 is 1.00 bits per heavy atom. The molecule has 2 N–H and O–H groups in total. The van der Waals surface area contributed by atoms with Crippen LogP contribution in [0.1, 0.15) is 54.3 Å². The van der Waals surface area contributed by atoms with E-state index in [4.69, 9.17) is 10.5 Å². The van der Waals surface area contributed by atoms with Crippen molar-refractivity contribution in [1.29, 1.82) is 0 Å². The van der Waals surface area contributed by atoms with Gasteiger partial charge in [0.25, 0.3) is 0 Å². The lowest BCUT2D eigenvalue weighted by Crippen LogP contribution is -2.49. The predicted octanol–water partition coefficient (Wildman–Crippen LogP) is 4.25. The van der Waals surface area contributed by atoms with Crippen molar-refractivity contribution >= 4 is 29.3 Å². The second kappa shape index (κ2) is 10.7. The fourth-order valence-corrected chi connectivity index (χ4v) is 5.93. The summed E-state index contributed by atoms with van der Waals surface area (Å²) in [6.07, 6.45) is 3.16. The van der Waals surface area contributed by atoms with Crippen molar-refractivity contribution < 1.29 is 14.3 Å². The highest BCUT2D eigenvalue weighted by Crippen LogP contribution is 2.46. The topological polar surface area (TPSA) is 75.9 Å². The molecule has 2 aliphatic rings. The first kappa shape index (κ1) is 23.8. The summed E-state index contributed by atoms with van der Waals surface area (Å²) < 4.78 is 5.63. The molecule has 4 rings (SSSR count). The number of hydrogen-bond acceptors (Lipinski definition) is 5. The Morgan fingerprint density at radius 2 is 1.67 bits per heavy atom. The normalized spacial score (nSPS) is 23.4. The number of benzene rings is 2. The molecule has 1 saturated heterocycles. The number of nitrogens with zero attached hydrogens (tertiary/aromatic N) is 2. The largest absolute Gasteiger partial charge is 0.378 e. The van der Waals surface area contributed by atoms with E-state index in [1.54, 1.807) is 23.9 Å². The lowest BCUT2D eigenvalue weighted by atomic mass is 10.1. The zero-order chi connectivity index (χ0) is 23.4. The van der Waals surface area contributed by atoms with E-state index in [0.29, 0.717) is 24.2 Å². The van der Waals surface area contributed by atoms with Crippen LogP contribution in [-0.4, -0.2) is 55.1 Å². The molecule has 33 heavy (non-hydrogen) atoms. The number of carbonyl (C=O) groups excluding carboxylic acids is 2. The van der Waals surface area contributed by atoms with Crippen molar-refractivity contribution in [3.8, 4) is 0 Å². The van der Waals surface area contributed by atoms with E-state index >= 15 is 0 Å². The van der Waals surface area contributed by atoms with E-state index in [2.05, 4.69) is 24.8 Å². The van der Waals surface area contributed by atoms with Gasteiger partial charge < -0.3 is 15.4 Å². The van der Waals surface area contributed by atoms with Crippen molar-refractivity contribution in [1.82, 2.24) is 4.90 Å². The number of amides is 2. The van der Waals surface area contributed by atoms with Gasteiger partial charge in [-0.15, -0.1) is 11.8 Å². The summed E-state index contributed by atoms with van der Waals surface area (Å²) in [6.45, 7) is 7.85. The molecule has 0 aliphatic carbocycles.